The molecule has 2 atom stereocenters. The minimum atomic E-state index is -4.62. The second kappa shape index (κ2) is 8.91. The van der Waals surface area contributed by atoms with Crippen molar-refractivity contribution in [3.05, 3.63) is 81.8 Å². The van der Waals surface area contributed by atoms with Gasteiger partial charge in [0.25, 0.3) is 11.6 Å². The van der Waals surface area contributed by atoms with Gasteiger partial charge in [-0.3, -0.25) is 19.1 Å². The highest BCUT2D eigenvalue weighted by Gasteiger charge is 2.31. The van der Waals surface area contributed by atoms with Crippen LogP contribution in [0.2, 0.25) is 0 Å². The van der Waals surface area contributed by atoms with Gasteiger partial charge in [0.1, 0.15) is 17.5 Å². The smallest absolute Gasteiger partial charge is 0.304 e. The molecule has 4 rings (SSSR count). The zero-order valence-electron chi connectivity index (χ0n) is 17.6. The average Bonchev–Trinajstić information content (AvgIpc) is 3.32. The predicted molar refractivity (Wildman–Crippen MR) is 115 cm³/mol. The maximum Gasteiger partial charge on any atom is 0.304 e. The molecule has 178 valence electrons. The van der Waals surface area contributed by atoms with Gasteiger partial charge in [-0.05, 0) is 37.1 Å². The molecule has 10 nitrogen and oxygen atoms in total. The van der Waals surface area contributed by atoms with E-state index in [9.17, 15) is 32.1 Å². The van der Waals surface area contributed by atoms with Gasteiger partial charge in [-0.1, -0.05) is 12.1 Å². The standard InChI is InChI=1S/C21H18F2N4O6S/c1-12(33-34(31,32)18-5-3-2-4-17(18)27(29)30)21(28)25-19-11-26-16(6-7-20(26)24-19)13-8-14(22)10-15(23)9-13/h2-5,8-12,16H,6-7H2,1H3,(H,25,28)/t12-,16-/m1/s1. The van der Waals surface area contributed by atoms with Crippen LogP contribution in [0.25, 0.3) is 0 Å². The Hall–Kier alpha value is -3.71. The molecule has 0 radical (unpaired) electrons. The Morgan fingerprint density at radius 3 is 2.62 bits per heavy atom. The van der Waals surface area contributed by atoms with Crippen molar-refractivity contribution in [1.82, 2.24) is 9.55 Å². The predicted octanol–water partition coefficient (Wildman–Crippen LogP) is 3.34. The summed E-state index contributed by atoms with van der Waals surface area (Å²) in [7, 11) is -4.62. The third kappa shape index (κ3) is 4.65. The van der Waals surface area contributed by atoms with Crippen molar-refractivity contribution in [3.63, 3.8) is 0 Å². The Balaban J connectivity index is 1.48. The summed E-state index contributed by atoms with van der Waals surface area (Å²) in [5.74, 6) is -1.59. The molecule has 1 aliphatic heterocycles. The van der Waals surface area contributed by atoms with Crippen LogP contribution in [0.15, 0.2) is 53.6 Å². The zero-order valence-corrected chi connectivity index (χ0v) is 18.5. The van der Waals surface area contributed by atoms with Crippen LogP contribution in [0, 0.1) is 21.7 Å². The van der Waals surface area contributed by atoms with E-state index in [1.165, 1.54) is 37.4 Å². The molecule has 3 aromatic rings. The lowest BCUT2D eigenvalue weighted by atomic mass is 10.0. The summed E-state index contributed by atoms with van der Waals surface area (Å²) in [4.78, 5) is 26.4. The number of para-hydroxylation sites is 1. The molecule has 0 saturated carbocycles. The molecule has 2 aromatic carbocycles. The second-order valence-electron chi connectivity index (χ2n) is 7.61. The number of imidazole rings is 1. The summed E-state index contributed by atoms with van der Waals surface area (Å²) in [6, 6.07) is 7.46. The molecule has 0 unspecified atom stereocenters. The Labute approximate surface area is 192 Å². The van der Waals surface area contributed by atoms with Crippen LogP contribution < -0.4 is 5.32 Å². The van der Waals surface area contributed by atoms with E-state index in [2.05, 4.69) is 10.3 Å². The number of hydrogen-bond acceptors (Lipinski definition) is 7. The maximum absolute atomic E-state index is 13.6. The van der Waals surface area contributed by atoms with E-state index in [-0.39, 0.29) is 11.9 Å². The van der Waals surface area contributed by atoms with Crippen molar-refractivity contribution in [3.8, 4) is 0 Å². The average molecular weight is 492 g/mol. The molecule has 0 bridgehead atoms. The molecule has 1 aliphatic rings. The molecule has 34 heavy (non-hydrogen) atoms. The van der Waals surface area contributed by atoms with E-state index < -0.39 is 49.3 Å². The molecule has 2 heterocycles. The quantitative estimate of drug-likeness (QED) is 0.304. The molecule has 1 aromatic heterocycles. The molecule has 0 aliphatic carbocycles. The topological polar surface area (TPSA) is 133 Å². The van der Waals surface area contributed by atoms with E-state index in [4.69, 9.17) is 4.18 Å². The number of fused-ring (bicyclic) bond motifs is 1. The summed E-state index contributed by atoms with van der Waals surface area (Å²) in [6.45, 7) is 1.17. The Bertz CT molecular complexity index is 1370. The Morgan fingerprint density at radius 1 is 1.26 bits per heavy atom. The van der Waals surface area contributed by atoms with E-state index >= 15 is 0 Å². The van der Waals surface area contributed by atoms with Gasteiger partial charge in [-0.15, -0.1) is 0 Å². The van der Waals surface area contributed by atoms with Crippen LogP contribution in [-0.4, -0.2) is 34.9 Å². The first-order valence-corrected chi connectivity index (χ1v) is 11.5. The number of hydrogen-bond donors (Lipinski definition) is 1. The number of benzene rings is 2. The summed E-state index contributed by atoms with van der Waals surface area (Å²) in [5.41, 5.74) is -0.265. The molecule has 0 saturated heterocycles. The number of nitrogens with one attached hydrogen (secondary N) is 1. The van der Waals surface area contributed by atoms with Gasteiger partial charge in [0.15, 0.2) is 16.8 Å². The number of nitrogens with zero attached hydrogens (tertiary/aromatic N) is 3. The first kappa shape index (κ1) is 23.4. The third-order valence-corrected chi connectivity index (χ3v) is 6.70. The number of carbonyl (C=O) groups excluding carboxylic acids is 1. The minimum Gasteiger partial charge on any atom is -0.325 e. The fourth-order valence-electron chi connectivity index (χ4n) is 3.78. The number of carbonyl (C=O) groups is 1. The number of nitro groups is 1. The zero-order chi connectivity index (χ0) is 24.6. The van der Waals surface area contributed by atoms with Gasteiger partial charge in [-0.25, -0.2) is 13.8 Å². The molecule has 0 fully saturated rings. The van der Waals surface area contributed by atoms with Crippen molar-refractivity contribution in [2.24, 2.45) is 0 Å². The third-order valence-electron chi connectivity index (χ3n) is 5.28. The number of anilines is 1. The van der Waals surface area contributed by atoms with E-state index in [0.717, 1.165) is 18.2 Å². The number of nitro benzene ring substituents is 1. The Morgan fingerprint density at radius 2 is 1.94 bits per heavy atom. The SMILES string of the molecule is C[C@@H](OS(=O)(=O)c1ccccc1[N+](=O)[O-])C(=O)Nc1cn2c(n1)CC[C@@H]2c1cc(F)cc(F)c1. The van der Waals surface area contributed by atoms with Crippen LogP contribution in [0.3, 0.4) is 0 Å². The van der Waals surface area contributed by atoms with Crippen molar-refractivity contribution in [1.29, 1.82) is 0 Å². The number of aryl methyl sites for hydroxylation is 1. The van der Waals surface area contributed by atoms with Gasteiger partial charge in [0.05, 0.1) is 11.0 Å². The lowest BCUT2D eigenvalue weighted by Crippen LogP contribution is -2.30. The lowest BCUT2D eigenvalue weighted by molar-refractivity contribution is -0.387. The molecular formula is C21H18F2N4O6S. The second-order valence-corrected chi connectivity index (χ2v) is 9.15. The normalized spacial score (nSPS) is 16.1. The van der Waals surface area contributed by atoms with E-state index in [1.54, 1.807) is 4.57 Å². The van der Waals surface area contributed by atoms with Gasteiger partial charge in [0, 0.05) is 24.8 Å². The van der Waals surface area contributed by atoms with Crippen LogP contribution in [0.5, 0.6) is 0 Å². The summed E-state index contributed by atoms with van der Waals surface area (Å²) < 4.78 is 58.8. The highest BCUT2D eigenvalue weighted by atomic mass is 32.2. The Kier molecular flexibility index (Phi) is 6.15. The molecule has 1 N–H and O–H groups in total. The van der Waals surface area contributed by atoms with Crippen molar-refractivity contribution < 1.29 is 31.1 Å². The first-order chi connectivity index (χ1) is 16.0. The highest BCUT2D eigenvalue weighted by Crippen LogP contribution is 2.33. The minimum absolute atomic E-state index is 0.0973. The molecule has 0 spiro atoms. The van der Waals surface area contributed by atoms with E-state index in [0.29, 0.717) is 24.2 Å². The highest BCUT2D eigenvalue weighted by molar-refractivity contribution is 7.87. The first-order valence-electron chi connectivity index (χ1n) is 10.1. The fraction of sp³-hybridized carbons (Fsp3) is 0.238. The van der Waals surface area contributed by atoms with Gasteiger partial charge in [0.2, 0.25) is 0 Å². The van der Waals surface area contributed by atoms with Crippen LogP contribution in [-0.2, 0) is 25.5 Å². The summed E-state index contributed by atoms with van der Waals surface area (Å²) in [5, 5.41) is 13.6. The number of halogens is 2. The van der Waals surface area contributed by atoms with Gasteiger partial charge in [-0.2, -0.15) is 8.42 Å². The summed E-state index contributed by atoms with van der Waals surface area (Å²) in [6.07, 6.45) is 1.01. The monoisotopic (exact) mass is 492 g/mol. The van der Waals surface area contributed by atoms with Crippen molar-refractivity contribution in [2.75, 3.05) is 5.32 Å². The summed E-state index contributed by atoms with van der Waals surface area (Å²) >= 11 is 0. The molecule has 1 amide bonds. The van der Waals surface area contributed by atoms with Crippen LogP contribution in [0.4, 0.5) is 20.3 Å². The lowest BCUT2D eigenvalue weighted by Gasteiger charge is -2.14. The molecule has 13 heteroatoms. The van der Waals surface area contributed by atoms with Gasteiger partial charge < -0.3 is 9.88 Å². The van der Waals surface area contributed by atoms with Gasteiger partial charge >= 0.3 is 10.1 Å². The van der Waals surface area contributed by atoms with Crippen LogP contribution in [0.1, 0.15) is 30.8 Å². The van der Waals surface area contributed by atoms with Crippen molar-refractivity contribution >= 4 is 27.5 Å². The number of amides is 1. The maximum atomic E-state index is 13.6. The number of aromatic nitrogens is 2. The largest absolute Gasteiger partial charge is 0.325 e. The van der Waals surface area contributed by atoms with Crippen molar-refractivity contribution in [2.45, 2.75) is 36.8 Å². The van der Waals surface area contributed by atoms with Crippen LogP contribution >= 0.6 is 0 Å². The van der Waals surface area contributed by atoms with E-state index in [1.807, 2.05) is 0 Å². The molecular weight excluding hydrogens is 474 g/mol. The fourth-order valence-corrected chi connectivity index (χ4v) is 4.99. The number of rotatable bonds is 7.